The number of carbonyl (C=O) groups excluding carboxylic acids is 1. The van der Waals surface area contributed by atoms with E-state index in [0.717, 1.165) is 5.56 Å². The Labute approximate surface area is 224 Å². The molecular formula is C29H26N4O6. The standard InChI is InChI=1S/C29H26N4O6/c1-19-5-7-22(8-6-19)33-29(35)27(26(17-30-33)39-23-9-10-24-25(16-23)38-18-37-24)31-21-4-2-3-20(15-21)28(34)32-11-13-36-14-12-32/h2-10,15-17,31H,11-14,18H2,1H3. The molecule has 1 amide bonds. The molecular weight excluding hydrogens is 500 g/mol. The number of anilines is 2. The number of carbonyl (C=O) groups is 1. The largest absolute Gasteiger partial charge is 0.454 e. The van der Waals surface area contributed by atoms with Gasteiger partial charge in [-0.1, -0.05) is 23.8 Å². The van der Waals surface area contributed by atoms with Crippen LogP contribution in [0.4, 0.5) is 11.4 Å². The number of nitrogens with zero attached hydrogens (tertiary/aromatic N) is 3. The highest BCUT2D eigenvalue weighted by molar-refractivity contribution is 5.95. The lowest BCUT2D eigenvalue weighted by atomic mass is 10.1. The Hall–Kier alpha value is -4.83. The SMILES string of the molecule is Cc1ccc(-n2ncc(Oc3ccc4c(c3)OCO4)c(Nc3cccc(C(=O)N4CCOCC4)c3)c2=O)cc1. The fraction of sp³-hybridized carbons (Fsp3) is 0.207. The molecule has 2 aliphatic rings. The number of fused-ring (bicyclic) bond motifs is 1. The highest BCUT2D eigenvalue weighted by Crippen LogP contribution is 2.37. The van der Waals surface area contributed by atoms with Crippen LogP contribution in [0, 0.1) is 6.92 Å². The first-order valence-electron chi connectivity index (χ1n) is 12.6. The van der Waals surface area contributed by atoms with Crippen molar-refractivity contribution in [3.63, 3.8) is 0 Å². The predicted molar refractivity (Wildman–Crippen MR) is 144 cm³/mol. The summed E-state index contributed by atoms with van der Waals surface area (Å²) >= 11 is 0. The first-order chi connectivity index (χ1) is 19.0. The molecule has 4 aromatic rings. The van der Waals surface area contributed by atoms with E-state index in [1.807, 2.05) is 31.2 Å². The Morgan fingerprint density at radius 2 is 1.77 bits per heavy atom. The van der Waals surface area contributed by atoms with Gasteiger partial charge in [0.2, 0.25) is 6.79 Å². The minimum Gasteiger partial charge on any atom is -0.454 e. The Morgan fingerprint density at radius 1 is 0.974 bits per heavy atom. The summed E-state index contributed by atoms with van der Waals surface area (Å²) in [6.45, 7) is 4.21. The lowest BCUT2D eigenvalue weighted by molar-refractivity contribution is 0.0303. The molecule has 0 spiro atoms. The van der Waals surface area contributed by atoms with E-state index >= 15 is 0 Å². The van der Waals surface area contributed by atoms with Crippen LogP contribution in [0.3, 0.4) is 0 Å². The van der Waals surface area contributed by atoms with Gasteiger partial charge in [0.05, 0.1) is 25.1 Å². The van der Waals surface area contributed by atoms with Crippen LogP contribution < -0.4 is 25.1 Å². The van der Waals surface area contributed by atoms with Gasteiger partial charge in [-0.3, -0.25) is 9.59 Å². The van der Waals surface area contributed by atoms with Gasteiger partial charge < -0.3 is 29.2 Å². The fourth-order valence-electron chi connectivity index (χ4n) is 4.39. The van der Waals surface area contributed by atoms with Crippen LogP contribution in [0.25, 0.3) is 5.69 Å². The molecule has 0 aliphatic carbocycles. The number of nitrogens with one attached hydrogen (secondary N) is 1. The highest BCUT2D eigenvalue weighted by atomic mass is 16.7. The van der Waals surface area contributed by atoms with Crippen molar-refractivity contribution in [3.05, 3.63) is 94.4 Å². The van der Waals surface area contributed by atoms with E-state index in [2.05, 4.69) is 10.4 Å². The van der Waals surface area contributed by atoms with Crippen LogP contribution in [-0.4, -0.2) is 53.7 Å². The van der Waals surface area contributed by atoms with E-state index < -0.39 is 5.56 Å². The second-order valence-corrected chi connectivity index (χ2v) is 9.16. The summed E-state index contributed by atoms with van der Waals surface area (Å²) in [4.78, 5) is 28.6. The first-order valence-corrected chi connectivity index (χ1v) is 12.6. The number of amides is 1. The second-order valence-electron chi connectivity index (χ2n) is 9.16. The third kappa shape index (κ3) is 5.14. The van der Waals surface area contributed by atoms with Crippen LogP contribution in [0.15, 0.2) is 77.7 Å². The zero-order valence-corrected chi connectivity index (χ0v) is 21.3. The van der Waals surface area contributed by atoms with Crippen LogP contribution >= 0.6 is 0 Å². The van der Waals surface area contributed by atoms with Crippen molar-refractivity contribution in [1.82, 2.24) is 14.7 Å². The van der Waals surface area contributed by atoms with Crippen molar-refractivity contribution >= 4 is 17.3 Å². The summed E-state index contributed by atoms with van der Waals surface area (Å²) in [5.41, 5.74) is 2.49. The van der Waals surface area contributed by atoms with Crippen molar-refractivity contribution < 1.29 is 23.7 Å². The zero-order valence-electron chi connectivity index (χ0n) is 21.3. The summed E-state index contributed by atoms with van der Waals surface area (Å²) in [5.74, 6) is 1.75. The number of benzene rings is 3. The molecule has 1 aromatic heterocycles. The number of ether oxygens (including phenoxy) is 4. The number of aryl methyl sites for hydroxylation is 1. The van der Waals surface area contributed by atoms with Crippen molar-refractivity contribution in [3.8, 4) is 28.7 Å². The lowest BCUT2D eigenvalue weighted by Crippen LogP contribution is -2.40. The Kier molecular flexibility index (Phi) is 6.60. The predicted octanol–water partition coefficient (Wildman–Crippen LogP) is 4.28. The molecule has 1 fully saturated rings. The zero-order chi connectivity index (χ0) is 26.8. The maximum absolute atomic E-state index is 13.7. The van der Waals surface area contributed by atoms with Crippen LogP contribution in [0.5, 0.6) is 23.0 Å². The van der Waals surface area contributed by atoms with Gasteiger partial charge in [-0.05, 0) is 49.4 Å². The minimum absolute atomic E-state index is 0.0921. The third-order valence-corrected chi connectivity index (χ3v) is 6.47. The van der Waals surface area contributed by atoms with Crippen LogP contribution in [-0.2, 0) is 4.74 Å². The number of morpholine rings is 1. The summed E-state index contributed by atoms with van der Waals surface area (Å²) in [5, 5.41) is 7.55. The van der Waals surface area contributed by atoms with Gasteiger partial charge in [-0.15, -0.1) is 0 Å². The minimum atomic E-state index is -0.415. The van der Waals surface area contributed by atoms with Crippen LogP contribution in [0.2, 0.25) is 0 Å². The van der Waals surface area contributed by atoms with Crippen molar-refractivity contribution in [1.29, 1.82) is 0 Å². The Bertz CT molecular complexity index is 1580. The number of hydrogen-bond donors (Lipinski definition) is 1. The van der Waals surface area contributed by atoms with E-state index in [-0.39, 0.29) is 24.1 Å². The molecule has 39 heavy (non-hydrogen) atoms. The van der Waals surface area contributed by atoms with Gasteiger partial charge in [-0.2, -0.15) is 9.78 Å². The molecule has 0 unspecified atom stereocenters. The monoisotopic (exact) mass is 526 g/mol. The van der Waals surface area contributed by atoms with Gasteiger partial charge in [-0.25, -0.2) is 0 Å². The topological polar surface area (TPSA) is 104 Å². The molecule has 0 radical (unpaired) electrons. The number of aromatic nitrogens is 2. The van der Waals surface area contributed by atoms with E-state index in [1.165, 1.54) is 10.9 Å². The molecule has 0 bridgehead atoms. The molecule has 1 N–H and O–H groups in total. The molecule has 0 saturated carbocycles. The summed E-state index contributed by atoms with van der Waals surface area (Å²) in [6.07, 6.45) is 1.48. The Balaban J connectivity index is 1.36. The average molecular weight is 527 g/mol. The van der Waals surface area contributed by atoms with Gasteiger partial charge in [0.25, 0.3) is 11.5 Å². The Morgan fingerprint density at radius 3 is 2.59 bits per heavy atom. The van der Waals surface area contributed by atoms with E-state index in [9.17, 15) is 9.59 Å². The number of rotatable bonds is 6. The molecule has 1 saturated heterocycles. The molecule has 6 rings (SSSR count). The summed E-state index contributed by atoms with van der Waals surface area (Å²) < 4.78 is 23.6. The third-order valence-electron chi connectivity index (χ3n) is 6.47. The fourth-order valence-corrected chi connectivity index (χ4v) is 4.39. The number of hydrogen-bond acceptors (Lipinski definition) is 8. The lowest BCUT2D eigenvalue weighted by Gasteiger charge is -2.27. The van der Waals surface area contributed by atoms with Gasteiger partial charge in [0.15, 0.2) is 22.9 Å². The smallest absolute Gasteiger partial charge is 0.299 e. The molecule has 10 nitrogen and oxygen atoms in total. The molecule has 3 heterocycles. The molecule has 198 valence electrons. The van der Waals surface area contributed by atoms with Gasteiger partial charge in [0.1, 0.15) is 5.75 Å². The quantitative estimate of drug-likeness (QED) is 0.397. The maximum Gasteiger partial charge on any atom is 0.299 e. The van der Waals surface area contributed by atoms with Gasteiger partial charge in [0, 0.05) is 30.4 Å². The van der Waals surface area contributed by atoms with Gasteiger partial charge >= 0.3 is 0 Å². The summed E-state index contributed by atoms with van der Waals surface area (Å²) in [7, 11) is 0. The van der Waals surface area contributed by atoms with E-state index in [1.54, 1.807) is 47.4 Å². The van der Waals surface area contributed by atoms with E-state index in [4.69, 9.17) is 18.9 Å². The molecule has 3 aromatic carbocycles. The van der Waals surface area contributed by atoms with Crippen LogP contribution in [0.1, 0.15) is 15.9 Å². The average Bonchev–Trinajstić information content (AvgIpc) is 3.44. The normalized spacial score (nSPS) is 14.2. The molecule has 2 aliphatic heterocycles. The maximum atomic E-state index is 13.7. The molecule has 10 heteroatoms. The second kappa shape index (κ2) is 10.5. The first kappa shape index (κ1) is 24.5. The van der Waals surface area contributed by atoms with E-state index in [0.29, 0.717) is 60.5 Å². The van der Waals surface area contributed by atoms with Crippen molar-refractivity contribution in [2.24, 2.45) is 0 Å². The highest BCUT2D eigenvalue weighted by Gasteiger charge is 2.21. The van der Waals surface area contributed by atoms with Crippen molar-refractivity contribution in [2.45, 2.75) is 6.92 Å². The molecule has 0 atom stereocenters. The summed E-state index contributed by atoms with van der Waals surface area (Å²) in [6, 6.07) is 19.7. The van der Waals surface area contributed by atoms with Crippen molar-refractivity contribution in [2.75, 3.05) is 38.4 Å².